The molecule has 3 rings (SSSR count). The van der Waals surface area contributed by atoms with E-state index in [9.17, 15) is 24.9 Å². The van der Waals surface area contributed by atoms with Crippen molar-refractivity contribution in [1.82, 2.24) is 0 Å². The van der Waals surface area contributed by atoms with Crippen LogP contribution in [-0.2, 0) is 28.5 Å². The number of carbonyl (C=O) groups excluding carboxylic acids is 2. The van der Waals surface area contributed by atoms with Crippen molar-refractivity contribution in [3.05, 3.63) is 34.9 Å². The summed E-state index contributed by atoms with van der Waals surface area (Å²) >= 11 is 0. The van der Waals surface area contributed by atoms with Gasteiger partial charge in [-0.15, -0.1) is 0 Å². The maximum absolute atomic E-state index is 13.1. The summed E-state index contributed by atoms with van der Waals surface area (Å²) < 4.78 is 23.9. The fourth-order valence-corrected chi connectivity index (χ4v) is 7.64. The lowest BCUT2D eigenvalue weighted by Gasteiger charge is -2.61. The fraction of sp³-hybridized carbons (Fsp3) is 0.758. The number of aliphatic hydroxyl groups is 3. The van der Waals surface area contributed by atoms with E-state index in [4.69, 9.17) is 18.9 Å². The molecule has 1 saturated carbocycles. The maximum atomic E-state index is 13.1. The van der Waals surface area contributed by atoms with Crippen LogP contribution in [0, 0.1) is 22.7 Å². The van der Waals surface area contributed by atoms with Crippen LogP contribution in [-0.4, -0.2) is 76.8 Å². The monoisotopic (exact) mass is 592 g/mol. The molecule has 3 N–H and O–H groups in total. The van der Waals surface area contributed by atoms with Gasteiger partial charge >= 0.3 is 11.9 Å². The lowest BCUT2D eigenvalue weighted by molar-refractivity contribution is -0.326. The Hall–Kier alpha value is -2.04. The van der Waals surface area contributed by atoms with Crippen LogP contribution >= 0.6 is 0 Å². The molecule has 0 aromatic carbocycles. The van der Waals surface area contributed by atoms with Crippen molar-refractivity contribution in [2.45, 2.75) is 131 Å². The highest BCUT2D eigenvalue weighted by Crippen LogP contribution is 2.62. The molecule has 3 aliphatic rings. The van der Waals surface area contributed by atoms with E-state index in [2.05, 4.69) is 33.8 Å². The Morgan fingerprint density at radius 3 is 2.38 bits per heavy atom. The molecule has 9 heteroatoms. The van der Waals surface area contributed by atoms with Gasteiger partial charge in [-0.2, -0.15) is 0 Å². The third-order valence-corrected chi connectivity index (χ3v) is 10.1. The SMILES string of the molecule is CC=C(C)C(=O)OC1C(OC2OC(C)C(OC(C)=O)C(O)C2O)CC2(C)C(CCC(C)=CCO)C(C)=CCC2C1(C)C. The topological polar surface area (TPSA) is 132 Å². The van der Waals surface area contributed by atoms with E-state index >= 15 is 0 Å². The molecule has 0 amide bonds. The Balaban J connectivity index is 2.00. The Morgan fingerprint density at radius 2 is 1.79 bits per heavy atom. The molecule has 42 heavy (non-hydrogen) atoms. The molecule has 10 atom stereocenters. The standard InChI is InChI=1S/C33H52O9/c1-10-19(3)30(38)42-29-24(41-31-27(37)26(36)28(21(5)39-31)40-22(6)35)17-33(9)23(13-11-18(2)15-16-34)20(4)12-14-25(33)32(29,7)8/h10,12,15,21,23-29,31,34,36-37H,11,13-14,16-17H2,1-9H3. The largest absolute Gasteiger partial charge is 0.457 e. The zero-order valence-electron chi connectivity index (χ0n) is 26.8. The predicted molar refractivity (Wildman–Crippen MR) is 158 cm³/mol. The molecule has 0 aromatic heterocycles. The number of hydrogen-bond acceptors (Lipinski definition) is 9. The molecule has 1 saturated heterocycles. The van der Waals surface area contributed by atoms with Gasteiger partial charge in [-0.3, -0.25) is 4.79 Å². The summed E-state index contributed by atoms with van der Waals surface area (Å²) in [5.41, 5.74) is 2.18. The van der Waals surface area contributed by atoms with Crippen LogP contribution in [0.25, 0.3) is 0 Å². The molecule has 2 aliphatic carbocycles. The minimum Gasteiger partial charge on any atom is -0.457 e. The van der Waals surface area contributed by atoms with Crippen LogP contribution in [0.2, 0.25) is 0 Å². The number of allylic oxidation sites excluding steroid dienone is 4. The maximum Gasteiger partial charge on any atom is 0.333 e. The minimum absolute atomic E-state index is 0.0130. The first-order chi connectivity index (χ1) is 19.6. The molecular formula is C33H52O9. The summed E-state index contributed by atoms with van der Waals surface area (Å²) in [6, 6.07) is 0. The number of hydrogen-bond donors (Lipinski definition) is 3. The number of rotatable bonds is 9. The summed E-state index contributed by atoms with van der Waals surface area (Å²) in [4.78, 5) is 24.7. The highest BCUT2D eigenvalue weighted by molar-refractivity contribution is 5.87. The van der Waals surface area contributed by atoms with Crippen LogP contribution in [0.1, 0.15) is 88.0 Å². The van der Waals surface area contributed by atoms with Crippen molar-refractivity contribution < 1.29 is 43.9 Å². The van der Waals surface area contributed by atoms with E-state index in [0.717, 1.165) is 24.8 Å². The van der Waals surface area contributed by atoms with Crippen molar-refractivity contribution in [1.29, 1.82) is 0 Å². The fourth-order valence-electron chi connectivity index (χ4n) is 7.64. The van der Waals surface area contributed by atoms with E-state index in [1.54, 1.807) is 26.8 Å². The molecule has 238 valence electrons. The summed E-state index contributed by atoms with van der Waals surface area (Å²) in [6.07, 6.45) is 1.77. The van der Waals surface area contributed by atoms with E-state index in [-0.39, 0.29) is 23.9 Å². The Labute approximate surface area is 250 Å². The average Bonchev–Trinajstić information content (AvgIpc) is 2.90. The van der Waals surface area contributed by atoms with Gasteiger partial charge in [-0.25, -0.2) is 4.79 Å². The van der Waals surface area contributed by atoms with Crippen molar-refractivity contribution in [3.63, 3.8) is 0 Å². The van der Waals surface area contributed by atoms with E-state index in [1.165, 1.54) is 12.5 Å². The zero-order valence-corrected chi connectivity index (χ0v) is 26.8. The minimum atomic E-state index is -1.48. The first kappa shape index (κ1) is 34.5. The number of aliphatic hydroxyl groups excluding tert-OH is 3. The predicted octanol–water partition coefficient (Wildman–Crippen LogP) is 4.39. The second kappa shape index (κ2) is 13.7. The van der Waals surface area contributed by atoms with Gasteiger partial charge in [0, 0.05) is 17.9 Å². The number of esters is 2. The van der Waals surface area contributed by atoms with Crippen molar-refractivity contribution >= 4 is 11.9 Å². The summed E-state index contributed by atoms with van der Waals surface area (Å²) in [5.74, 6) is -0.631. The molecule has 9 nitrogen and oxygen atoms in total. The Bertz CT molecular complexity index is 1080. The van der Waals surface area contributed by atoms with Crippen LogP contribution in [0.15, 0.2) is 34.9 Å². The number of fused-ring (bicyclic) bond motifs is 1. The van der Waals surface area contributed by atoms with Crippen LogP contribution in [0.4, 0.5) is 0 Å². The summed E-state index contributed by atoms with van der Waals surface area (Å²) in [6.45, 7) is 17.1. The first-order valence-corrected chi connectivity index (χ1v) is 15.2. The molecule has 1 heterocycles. The smallest absolute Gasteiger partial charge is 0.333 e. The molecule has 0 aromatic rings. The van der Waals surface area contributed by atoms with Gasteiger partial charge in [0.25, 0.3) is 0 Å². The van der Waals surface area contributed by atoms with Crippen LogP contribution in [0.3, 0.4) is 0 Å². The zero-order chi connectivity index (χ0) is 31.6. The van der Waals surface area contributed by atoms with Gasteiger partial charge in [-0.05, 0) is 77.6 Å². The molecule has 2 fully saturated rings. The number of ether oxygens (including phenoxy) is 4. The lowest BCUT2D eigenvalue weighted by atomic mass is 9.46. The highest BCUT2D eigenvalue weighted by Gasteiger charge is 2.61. The summed E-state index contributed by atoms with van der Waals surface area (Å²) in [7, 11) is 0. The first-order valence-electron chi connectivity index (χ1n) is 15.2. The average molecular weight is 593 g/mol. The van der Waals surface area contributed by atoms with E-state index in [1.807, 2.05) is 13.0 Å². The van der Waals surface area contributed by atoms with E-state index < -0.39 is 60.3 Å². The van der Waals surface area contributed by atoms with Gasteiger partial charge in [0.1, 0.15) is 18.3 Å². The second-order valence-corrected chi connectivity index (χ2v) is 13.3. The third-order valence-electron chi connectivity index (χ3n) is 10.1. The molecule has 0 spiro atoms. The normalized spacial score (nSPS) is 38.8. The second-order valence-electron chi connectivity index (χ2n) is 13.3. The lowest BCUT2D eigenvalue weighted by Crippen LogP contribution is -2.64. The van der Waals surface area contributed by atoms with Crippen LogP contribution in [0.5, 0.6) is 0 Å². The third kappa shape index (κ3) is 7.02. The van der Waals surface area contributed by atoms with Crippen molar-refractivity contribution in [2.24, 2.45) is 22.7 Å². The molecular weight excluding hydrogens is 540 g/mol. The molecule has 1 aliphatic heterocycles. The molecule has 0 bridgehead atoms. The van der Waals surface area contributed by atoms with Crippen molar-refractivity contribution in [3.8, 4) is 0 Å². The Morgan fingerprint density at radius 1 is 1.12 bits per heavy atom. The molecule has 0 radical (unpaired) electrons. The van der Waals surface area contributed by atoms with Crippen molar-refractivity contribution in [2.75, 3.05) is 6.61 Å². The van der Waals surface area contributed by atoms with Gasteiger partial charge in [0.15, 0.2) is 12.4 Å². The quantitative estimate of drug-likeness (QED) is 0.203. The van der Waals surface area contributed by atoms with E-state index in [0.29, 0.717) is 12.0 Å². The van der Waals surface area contributed by atoms with Gasteiger partial charge in [-0.1, -0.05) is 50.1 Å². The molecule has 10 unspecified atom stereocenters. The Kier molecular flexibility index (Phi) is 11.3. The highest BCUT2D eigenvalue weighted by atomic mass is 16.7. The number of carbonyl (C=O) groups is 2. The van der Waals surface area contributed by atoms with Crippen LogP contribution < -0.4 is 0 Å². The van der Waals surface area contributed by atoms with Gasteiger partial charge < -0.3 is 34.3 Å². The van der Waals surface area contributed by atoms with Gasteiger partial charge in [0.05, 0.1) is 18.8 Å². The van der Waals surface area contributed by atoms with Gasteiger partial charge in [0.2, 0.25) is 0 Å². The summed E-state index contributed by atoms with van der Waals surface area (Å²) in [5, 5.41) is 31.3.